The minimum absolute atomic E-state index is 0.0592. The smallest absolute Gasteiger partial charge is 0.238 e. The first-order valence-corrected chi connectivity index (χ1v) is 8.69. The number of benzene rings is 1. The minimum Gasteiger partial charge on any atom is -0.353 e. The number of nitrogens with one attached hydrogen (secondary N) is 3. The summed E-state index contributed by atoms with van der Waals surface area (Å²) < 4.78 is 0. The van der Waals surface area contributed by atoms with Crippen LogP contribution in [-0.2, 0) is 16.1 Å². The Morgan fingerprint density at radius 3 is 2.92 bits per heavy atom. The highest BCUT2D eigenvalue weighted by molar-refractivity contribution is 5.83. The molecule has 3 N–H and O–H groups in total. The fourth-order valence-electron chi connectivity index (χ4n) is 3.63. The van der Waals surface area contributed by atoms with Crippen LogP contribution in [0.25, 0.3) is 0 Å². The Kier molecular flexibility index (Phi) is 5.48. The fraction of sp³-hybridized carbons (Fsp3) is 0.556. The molecule has 6 nitrogen and oxygen atoms in total. The van der Waals surface area contributed by atoms with Gasteiger partial charge in [-0.15, -0.1) is 0 Å². The molecule has 1 aromatic rings. The molecular formula is C18H26N4O2. The number of likely N-dealkylation sites (N-methyl/N-ethyl adjacent to an activating group) is 1. The van der Waals surface area contributed by atoms with Crippen LogP contribution in [0.2, 0.25) is 0 Å². The van der Waals surface area contributed by atoms with Gasteiger partial charge in [0.2, 0.25) is 11.8 Å². The number of nitrogens with zero attached hydrogens (tertiary/aromatic N) is 1. The summed E-state index contributed by atoms with van der Waals surface area (Å²) in [4.78, 5) is 26.5. The topological polar surface area (TPSA) is 73.5 Å². The number of amides is 2. The zero-order chi connectivity index (χ0) is 16.9. The number of carbonyl (C=O) groups excluding carboxylic acids is 2. The van der Waals surface area contributed by atoms with Crippen molar-refractivity contribution in [2.75, 3.05) is 20.1 Å². The van der Waals surface area contributed by atoms with Crippen LogP contribution in [0.15, 0.2) is 30.3 Å². The molecule has 1 aromatic carbocycles. The average molecular weight is 330 g/mol. The lowest BCUT2D eigenvalue weighted by Crippen LogP contribution is -2.48. The second kappa shape index (κ2) is 7.77. The number of hydrogen-bond acceptors (Lipinski definition) is 4. The minimum atomic E-state index is -0.119. The van der Waals surface area contributed by atoms with Crippen molar-refractivity contribution in [3.8, 4) is 0 Å². The molecule has 130 valence electrons. The van der Waals surface area contributed by atoms with E-state index in [1.54, 1.807) is 0 Å². The molecule has 6 heteroatoms. The Morgan fingerprint density at radius 2 is 2.12 bits per heavy atom. The number of fused-ring (bicyclic) bond motifs is 1. The maximum absolute atomic E-state index is 12.1. The van der Waals surface area contributed by atoms with Gasteiger partial charge in [0.05, 0.1) is 0 Å². The van der Waals surface area contributed by atoms with E-state index in [2.05, 4.69) is 27.9 Å². The van der Waals surface area contributed by atoms with Crippen LogP contribution in [0.1, 0.15) is 24.8 Å². The van der Waals surface area contributed by atoms with Gasteiger partial charge >= 0.3 is 0 Å². The van der Waals surface area contributed by atoms with E-state index in [1.165, 1.54) is 0 Å². The Balaban J connectivity index is 1.48. The quantitative estimate of drug-likeness (QED) is 0.723. The van der Waals surface area contributed by atoms with Crippen LogP contribution < -0.4 is 16.0 Å². The Morgan fingerprint density at radius 1 is 1.33 bits per heavy atom. The van der Waals surface area contributed by atoms with Crippen molar-refractivity contribution in [2.24, 2.45) is 0 Å². The van der Waals surface area contributed by atoms with Gasteiger partial charge in [0.1, 0.15) is 6.04 Å². The van der Waals surface area contributed by atoms with Crippen molar-refractivity contribution in [1.29, 1.82) is 0 Å². The van der Waals surface area contributed by atoms with E-state index in [9.17, 15) is 9.59 Å². The van der Waals surface area contributed by atoms with Crippen molar-refractivity contribution >= 4 is 11.8 Å². The maximum Gasteiger partial charge on any atom is 0.238 e. The molecule has 2 fully saturated rings. The van der Waals surface area contributed by atoms with Crippen molar-refractivity contribution < 1.29 is 9.59 Å². The summed E-state index contributed by atoms with van der Waals surface area (Å²) in [5.41, 5.74) is 1.10. The molecule has 2 aliphatic rings. The zero-order valence-corrected chi connectivity index (χ0v) is 14.1. The lowest BCUT2D eigenvalue weighted by molar-refractivity contribution is -0.123. The normalized spacial score (nSPS) is 27.2. The van der Waals surface area contributed by atoms with Crippen molar-refractivity contribution in [2.45, 2.75) is 43.9 Å². The van der Waals surface area contributed by atoms with E-state index < -0.39 is 0 Å². The fourth-order valence-corrected chi connectivity index (χ4v) is 3.63. The predicted octanol–water partition coefficient (Wildman–Crippen LogP) is 0.244. The first-order valence-electron chi connectivity index (χ1n) is 8.69. The lowest BCUT2D eigenvalue weighted by Gasteiger charge is -2.31. The maximum atomic E-state index is 12.1. The molecule has 2 aliphatic heterocycles. The van der Waals surface area contributed by atoms with Gasteiger partial charge in [0, 0.05) is 31.6 Å². The van der Waals surface area contributed by atoms with Gasteiger partial charge in [-0.05, 0) is 32.0 Å². The lowest BCUT2D eigenvalue weighted by atomic mass is 10.0. The molecule has 0 unspecified atom stereocenters. The van der Waals surface area contributed by atoms with Gasteiger partial charge in [0.15, 0.2) is 0 Å². The molecule has 3 atom stereocenters. The van der Waals surface area contributed by atoms with Gasteiger partial charge in [-0.1, -0.05) is 30.3 Å². The molecule has 0 bridgehead atoms. The van der Waals surface area contributed by atoms with Crippen LogP contribution in [0.3, 0.4) is 0 Å². The van der Waals surface area contributed by atoms with Crippen LogP contribution in [-0.4, -0.2) is 55.0 Å². The summed E-state index contributed by atoms with van der Waals surface area (Å²) >= 11 is 0. The third kappa shape index (κ3) is 3.94. The largest absolute Gasteiger partial charge is 0.353 e. The second-order valence-electron chi connectivity index (χ2n) is 6.65. The molecule has 2 heterocycles. The first-order chi connectivity index (χ1) is 11.6. The highest BCUT2D eigenvalue weighted by Crippen LogP contribution is 2.21. The molecule has 0 saturated carbocycles. The molecule has 0 aromatic heterocycles. The third-order valence-electron chi connectivity index (χ3n) is 5.12. The third-order valence-corrected chi connectivity index (χ3v) is 5.12. The number of rotatable bonds is 5. The van der Waals surface area contributed by atoms with Gasteiger partial charge in [-0.2, -0.15) is 0 Å². The van der Waals surface area contributed by atoms with E-state index in [-0.39, 0.29) is 29.9 Å². The predicted molar refractivity (Wildman–Crippen MR) is 92.3 cm³/mol. The summed E-state index contributed by atoms with van der Waals surface area (Å²) in [5, 5.41) is 9.24. The summed E-state index contributed by atoms with van der Waals surface area (Å²) in [5.74, 6) is 0.143. The highest BCUT2D eigenvalue weighted by Gasteiger charge is 2.40. The highest BCUT2D eigenvalue weighted by atomic mass is 16.2. The van der Waals surface area contributed by atoms with Crippen molar-refractivity contribution in [3.63, 3.8) is 0 Å². The first kappa shape index (κ1) is 16.9. The Labute approximate surface area is 143 Å². The summed E-state index contributed by atoms with van der Waals surface area (Å²) in [6, 6.07) is 10.2. The number of carbonyl (C=O) groups is 2. The molecule has 0 aliphatic carbocycles. The molecule has 0 spiro atoms. The van der Waals surface area contributed by atoms with Crippen LogP contribution in [0.5, 0.6) is 0 Å². The number of hydrogen-bond donors (Lipinski definition) is 3. The Hall–Kier alpha value is -1.92. The van der Waals surface area contributed by atoms with Crippen LogP contribution >= 0.6 is 0 Å². The van der Waals surface area contributed by atoms with Gasteiger partial charge < -0.3 is 16.0 Å². The molecular weight excluding hydrogens is 304 g/mol. The molecule has 2 saturated heterocycles. The second-order valence-corrected chi connectivity index (χ2v) is 6.65. The summed E-state index contributed by atoms with van der Waals surface area (Å²) in [7, 11) is 2.07. The van der Waals surface area contributed by atoms with Gasteiger partial charge in [0.25, 0.3) is 0 Å². The molecule has 24 heavy (non-hydrogen) atoms. The zero-order valence-electron chi connectivity index (χ0n) is 14.1. The summed E-state index contributed by atoms with van der Waals surface area (Å²) in [6.45, 7) is 2.04. The average Bonchev–Trinajstić information content (AvgIpc) is 3.06. The van der Waals surface area contributed by atoms with Gasteiger partial charge in [-0.3, -0.25) is 14.5 Å². The van der Waals surface area contributed by atoms with Crippen molar-refractivity contribution in [3.05, 3.63) is 35.9 Å². The SMILES string of the molecule is CN1[C@@H](CCC(=O)NCc2ccccc2)CNC(=O)[C@H]2NCC[C@H]21. The molecule has 2 amide bonds. The van der Waals surface area contributed by atoms with E-state index in [4.69, 9.17) is 0 Å². The van der Waals surface area contributed by atoms with Crippen LogP contribution in [0, 0.1) is 0 Å². The monoisotopic (exact) mass is 330 g/mol. The van der Waals surface area contributed by atoms with E-state index in [1.807, 2.05) is 30.3 Å². The van der Waals surface area contributed by atoms with Crippen LogP contribution in [0.4, 0.5) is 0 Å². The molecule has 0 radical (unpaired) electrons. The van der Waals surface area contributed by atoms with Gasteiger partial charge in [-0.25, -0.2) is 0 Å². The Bertz CT molecular complexity index is 578. The standard InChI is InChI=1S/C18H26N4O2/c1-22-14(12-21-18(24)17-15(22)9-10-19-17)7-8-16(23)20-11-13-5-3-2-4-6-13/h2-6,14-15,17,19H,7-12H2,1H3,(H,20,23)(H,21,24)/t14-,15+,17-/m0/s1. The van der Waals surface area contributed by atoms with E-state index in [0.717, 1.165) is 24.9 Å². The molecule has 3 rings (SSSR count). The van der Waals surface area contributed by atoms with E-state index >= 15 is 0 Å². The summed E-state index contributed by atoms with van der Waals surface area (Å²) in [6.07, 6.45) is 2.20. The van der Waals surface area contributed by atoms with Crippen molar-refractivity contribution in [1.82, 2.24) is 20.9 Å². The van der Waals surface area contributed by atoms with E-state index in [0.29, 0.717) is 19.5 Å².